The van der Waals surface area contributed by atoms with Crippen LogP contribution in [0, 0.1) is 17.0 Å². The van der Waals surface area contributed by atoms with Crippen molar-refractivity contribution in [3.8, 4) is 11.1 Å². The van der Waals surface area contributed by atoms with Crippen LogP contribution >= 0.6 is 11.6 Å². The second kappa shape index (κ2) is 5.43. The van der Waals surface area contributed by atoms with Crippen LogP contribution in [-0.4, -0.2) is 10.7 Å². The SMILES string of the molecule is CC(=O)c1cc(Cl)c(C)c([N+](=O)[O-])c1-c1ccccc1. The largest absolute Gasteiger partial charge is 0.294 e. The van der Waals surface area contributed by atoms with Gasteiger partial charge in [0, 0.05) is 11.1 Å². The van der Waals surface area contributed by atoms with Gasteiger partial charge in [0.05, 0.1) is 15.5 Å². The van der Waals surface area contributed by atoms with Gasteiger partial charge in [0.2, 0.25) is 0 Å². The van der Waals surface area contributed by atoms with E-state index in [9.17, 15) is 14.9 Å². The summed E-state index contributed by atoms with van der Waals surface area (Å²) in [6.45, 7) is 2.95. The summed E-state index contributed by atoms with van der Waals surface area (Å²) in [4.78, 5) is 22.7. The third-order valence-electron chi connectivity index (χ3n) is 3.11. The van der Waals surface area contributed by atoms with Crippen molar-refractivity contribution in [2.45, 2.75) is 13.8 Å². The van der Waals surface area contributed by atoms with Gasteiger partial charge in [-0.3, -0.25) is 14.9 Å². The van der Waals surface area contributed by atoms with Crippen LogP contribution in [0.15, 0.2) is 36.4 Å². The van der Waals surface area contributed by atoms with Crippen LogP contribution in [0.4, 0.5) is 5.69 Å². The van der Waals surface area contributed by atoms with Gasteiger partial charge < -0.3 is 0 Å². The summed E-state index contributed by atoms with van der Waals surface area (Å²) in [6, 6.07) is 10.3. The summed E-state index contributed by atoms with van der Waals surface area (Å²) < 4.78 is 0. The molecule has 0 spiro atoms. The molecule has 0 aromatic heterocycles. The van der Waals surface area contributed by atoms with E-state index in [1.165, 1.54) is 13.0 Å². The molecule has 0 saturated heterocycles. The number of hydrogen-bond acceptors (Lipinski definition) is 3. The summed E-state index contributed by atoms with van der Waals surface area (Å²) in [5.74, 6) is -0.256. The fourth-order valence-corrected chi connectivity index (χ4v) is 2.34. The molecule has 0 saturated carbocycles. The summed E-state index contributed by atoms with van der Waals surface area (Å²) in [7, 11) is 0. The van der Waals surface area contributed by atoms with Crippen molar-refractivity contribution in [1.82, 2.24) is 0 Å². The zero-order chi connectivity index (χ0) is 14.9. The molecule has 5 heteroatoms. The number of carbonyl (C=O) groups is 1. The maximum absolute atomic E-state index is 11.8. The first-order chi connectivity index (χ1) is 9.43. The van der Waals surface area contributed by atoms with E-state index in [1.807, 2.05) is 6.07 Å². The number of benzene rings is 2. The van der Waals surface area contributed by atoms with Gasteiger partial charge >= 0.3 is 0 Å². The average molecular weight is 290 g/mol. The second-order valence-electron chi connectivity index (χ2n) is 4.43. The lowest BCUT2D eigenvalue weighted by Gasteiger charge is -2.11. The summed E-state index contributed by atoms with van der Waals surface area (Å²) >= 11 is 6.01. The Labute approximate surface area is 121 Å². The first kappa shape index (κ1) is 14.2. The number of nitro benzene ring substituents is 1. The Morgan fingerprint density at radius 2 is 1.85 bits per heavy atom. The van der Waals surface area contributed by atoms with E-state index in [1.54, 1.807) is 31.2 Å². The van der Waals surface area contributed by atoms with Crippen LogP contribution < -0.4 is 0 Å². The van der Waals surface area contributed by atoms with E-state index in [-0.39, 0.29) is 22.1 Å². The molecule has 0 aliphatic carbocycles. The van der Waals surface area contributed by atoms with Crippen LogP contribution in [0.1, 0.15) is 22.8 Å². The predicted molar refractivity (Wildman–Crippen MR) is 78.3 cm³/mol. The summed E-state index contributed by atoms with van der Waals surface area (Å²) in [6.07, 6.45) is 0. The maximum Gasteiger partial charge on any atom is 0.282 e. The summed E-state index contributed by atoms with van der Waals surface area (Å²) in [5, 5.41) is 11.6. The van der Waals surface area contributed by atoms with Gasteiger partial charge in [-0.1, -0.05) is 41.9 Å². The van der Waals surface area contributed by atoms with E-state index in [4.69, 9.17) is 11.6 Å². The van der Waals surface area contributed by atoms with Crippen LogP contribution in [0.25, 0.3) is 11.1 Å². The van der Waals surface area contributed by atoms with Crippen molar-refractivity contribution in [3.63, 3.8) is 0 Å². The third kappa shape index (κ3) is 2.42. The molecule has 0 heterocycles. The number of nitrogens with zero attached hydrogens (tertiary/aromatic N) is 1. The molecule has 0 aliphatic heterocycles. The minimum Gasteiger partial charge on any atom is -0.294 e. The molecule has 2 aromatic carbocycles. The van der Waals surface area contributed by atoms with Gasteiger partial charge in [-0.05, 0) is 25.5 Å². The lowest BCUT2D eigenvalue weighted by atomic mass is 9.93. The number of halogens is 1. The molecule has 0 aliphatic rings. The molecule has 4 nitrogen and oxygen atoms in total. The molecule has 0 unspecified atom stereocenters. The van der Waals surface area contributed by atoms with Gasteiger partial charge in [-0.2, -0.15) is 0 Å². The topological polar surface area (TPSA) is 60.2 Å². The van der Waals surface area contributed by atoms with Gasteiger partial charge in [0.1, 0.15) is 0 Å². The number of carbonyl (C=O) groups excluding carboxylic acids is 1. The minimum atomic E-state index is -0.490. The summed E-state index contributed by atoms with van der Waals surface area (Å²) in [5.41, 5.74) is 1.46. The molecule has 102 valence electrons. The van der Waals surface area contributed by atoms with Crippen molar-refractivity contribution in [3.05, 3.63) is 62.7 Å². The Kier molecular flexibility index (Phi) is 3.86. The molecule has 20 heavy (non-hydrogen) atoms. The predicted octanol–water partition coefficient (Wildman–Crippen LogP) is 4.43. The monoisotopic (exact) mass is 289 g/mol. The van der Waals surface area contributed by atoms with Crippen LogP contribution in [0.5, 0.6) is 0 Å². The highest BCUT2D eigenvalue weighted by molar-refractivity contribution is 6.32. The molecule has 0 bridgehead atoms. The minimum absolute atomic E-state index is 0.117. The first-order valence-corrected chi connectivity index (χ1v) is 6.35. The van der Waals surface area contributed by atoms with Crippen molar-refractivity contribution in [2.24, 2.45) is 0 Å². The number of rotatable bonds is 3. The Bertz CT molecular complexity index is 696. The lowest BCUT2D eigenvalue weighted by Crippen LogP contribution is -2.03. The fourth-order valence-electron chi connectivity index (χ4n) is 2.14. The third-order valence-corrected chi connectivity index (χ3v) is 3.51. The van der Waals surface area contributed by atoms with Crippen molar-refractivity contribution < 1.29 is 9.72 Å². The van der Waals surface area contributed by atoms with Gasteiger partial charge in [-0.25, -0.2) is 0 Å². The van der Waals surface area contributed by atoms with Crippen molar-refractivity contribution in [1.29, 1.82) is 0 Å². The Morgan fingerprint density at radius 1 is 1.25 bits per heavy atom. The average Bonchev–Trinajstić information content (AvgIpc) is 2.41. The van der Waals surface area contributed by atoms with E-state index >= 15 is 0 Å². The number of Topliss-reactive ketones (excluding diaryl/α,β-unsaturated/α-hetero) is 1. The van der Waals surface area contributed by atoms with E-state index in [0.29, 0.717) is 16.7 Å². The van der Waals surface area contributed by atoms with Gasteiger partial charge in [0.15, 0.2) is 5.78 Å². The van der Waals surface area contributed by atoms with Crippen LogP contribution in [-0.2, 0) is 0 Å². The maximum atomic E-state index is 11.8. The molecular weight excluding hydrogens is 278 g/mol. The fraction of sp³-hybridized carbons (Fsp3) is 0.133. The quantitative estimate of drug-likeness (QED) is 0.477. The molecule has 0 atom stereocenters. The highest BCUT2D eigenvalue weighted by atomic mass is 35.5. The Balaban J connectivity index is 2.92. The normalized spacial score (nSPS) is 10.3. The first-order valence-electron chi connectivity index (χ1n) is 5.97. The molecule has 2 rings (SSSR count). The zero-order valence-electron chi connectivity index (χ0n) is 11.0. The highest BCUT2D eigenvalue weighted by Gasteiger charge is 2.26. The van der Waals surface area contributed by atoms with Crippen molar-refractivity contribution >= 4 is 23.1 Å². The molecule has 0 amide bonds. The Morgan fingerprint density at radius 3 is 2.35 bits per heavy atom. The van der Waals surface area contributed by atoms with Crippen molar-refractivity contribution in [2.75, 3.05) is 0 Å². The van der Waals surface area contributed by atoms with Crippen LogP contribution in [0.3, 0.4) is 0 Å². The standard InChI is InChI=1S/C15H12ClNO3/c1-9-13(16)8-12(10(2)18)14(15(9)17(19)20)11-6-4-3-5-7-11/h3-8H,1-2H3. The Hall–Kier alpha value is -2.20. The molecule has 0 radical (unpaired) electrons. The molecule has 0 fully saturated rings. The lowest BCUT2D eigenvalue weighted by molar-refractivity contribution is -0.384. The molecule has 0 N–H and O–H groups in total. The number of nitro groups is 1. The van der Waals surface area contributed by atoms with E-state index in [2.05, 4.69) is 0 Å². The van der Waals surface area contributed by atoms with E-state index in [0.717, 1.165) is 0 Å². The van der Waals surface area contributed by atoms with Gasteiger partial charge in [-0.15, -0.1) is 0 Å². The molecule has 2 aromatic rings. The highest BCUT2D eigenvalue weighted by Crippen LogP contribution is 2.39. The number of ketones is 1. The second-order valence-corrected chi connectivity index (χ2v) is 4.84. The van der Waals surface area contributed by atoms with E-state index < -0.39 is 4.92 Å². The number of hydrogen-bond donors (Lipinski definition) is 0. The van der Waals surface area contributed by atoms with Crippen LogP contribution in [0.2, 0.25) is 5.02 Å². The van der Waals surface area contributed by atoms with Gasteiger partial charge in [0.25, 0.3) is 5.69 Å². The molecular formula is C15H12ClNO3. The zero-order valence-corrected chi connectivity index (χ0v) is 11.8. The smallest absolute Gasteiger partial charge is 0.282 e.